The number of carboxylic acids is 1. The first-order valence-electron chi connectivity index (χ1n) is 10.7. The van der Waals surface area contributed by atoms with Crippen molar-refractivity contribution in [1.82, 2.24) is 18.9 Å². The van der Waals surface area contributed by atoms with Crippen molar-refractivity contribution in [1.29, 1.82) is 0 Å². The van der Waals surface area contributed by atoms with E-state index in [1.54, 1.807) is 0 Å². The van der Waals surface area contributed by atoms with Crippen LogP contribution in [-0.2, 0) is 20.0 Å². The Kier molecular flexibility index (Phi) is 7.72. The number of hydrogen-bond donors (Lipinski definition) is 0. The summed E-state index contributed by atoms with van der Waals surface area (Å²) in [5.41, 5.74) is 2.22. The first-order valence-corrected chi connectivity index (χ1v) is 11.5. The van der Waals surface area contributed by atoms with E-state index in [0.717, 1.165) is 27.2 Å². The number of aryl methyl sites for hydroxylation is 1. The summed E-state index contributed by atoms with van der Waals surface area (Å²) in [6.45, 7) is 8.11. The molecule has 0 spiro atoms. The molecule has 0 aliphatic carbocycles. The van der Waals surface area contributed by atoms with E-state index < -0.39 is 17.2 Å². The van der Waals surface area contributed by atoms with Gasteiger partial charge in [0.05, 0.1) is 22.7 Å². The van der Waals surface area contributed by atoms with E-state index >= 15 is 0 Å². The van der Waals surface area contributed by atoms with Crippen LogP contribution in [0.4, 0.5) is 0 Å². The number of carbonyl (C=O) groups excluding carboxylic acids is 1. The van der Waals surface area contributed by atoms with E-state index in [-0.39, 0.29) is 52.8 Å². The molecule has 3 aromatic heterocycles. The third-order valence-electron chi connectivity index (χ3n) is 5.78. The molecule has 0 unspecified atom stereocenters. The largest absolute Gasteiger partial charge is 1.00 e. The van der Waals surface area contributed by atoms with Crippen molar-refractivity contribution in [2.24, 2.45) is 13.0 Å². The van der Waals surface area contributed by atoms with Gasteiger partial charge in [-0.15, -0.1) is 11.3 Å². The van der Waals surface area contributed by atoms with Crippen LogP contribution in [0.3, 0.4) is 0 Å². The molecule has 4 aromatic rings. The predicted molar refractivity (Wildman–Crippen MR) is 126 cm³/mol. The van der Waals surface area contributed by atoms with Gasteiger partial charge in [-0.05, 0) is 31.9 Å². The number of fused-ring (bicyclic) bond motifs is 1. The molecular formula is C24H25N4NaO4S. The molecule has 0 amide bonds. The molecule has 0 N–H and O–H groups in total. The molecule has 10 heteroatoms. The number of aromatic nitrogens is 4. The van der Waals surface area contributed by atoms with Gasteiger partial charge in [-0.3, -0.25) is 13.9 Å². The fraction of sp³-hybridized carbons (Fsp3) is 0.333. The second kappa shape index (κ2) is 10.0. The summed E-state index contributed by atoms with van der Waals surface area (Å²) in [6.07, 6.45) is 0.270. The van der Waals surface area contributed by atoms with Crippen molar-refractivity contribution in [3.8, 4) is 5.69 Å². The molecule has 0 radical (unpaired) electrons. The van der Waals surface area contributed by atoms with Crippen LogP contribution in [0.25, 0.3) is 15.9 Å². The number of nitrogens with zero attached hydrogens (tertiary/aromatic N) is 4. The number of benzene rings is 1. The van der Waals surface area contributed by atoms with Crippen LogP contribution >= 0.6 is 11.3 Å². The second-order valence-electron chi connectivity index (χ2n) is 8.59. The first kappa shape index (κ1) is 26.2. The molecule has 172 valence electrons. The molecule has 0 fully saturated rings. The predicted octanol–water partition coefficient (Wildman–Crippen LogP) is -0.821. The summed E-state index contributed by atoms with van der Waals surface area (Å²) in [5, 5.41) is 16.9. The van der Waals surface area contributed by atoms with E-state index in [1.165, 1.54) is 23.0 Å². The topological polar surface area (TPSA) is 102 Å². The minimum absolute atomic E-state index is 0. The summed E-state index contributed by atoms with van der Waals surface area (Å²) in [6, 6.07) is 9.68. The van der Waals surface area contributed by atoms with Crippen molar-refractivity contribution in [3.63, 3.8) is 0 Å². The van der Waals surface area contributed by atoms with Crippen molar-refractivity contribution < 1.29 is 39.5 Å². The smallest absolute Gasteiger partial charge is 0.545 e. The molecule has 34 heavy (non-hydrogen) atoms. The van der Waals surface area contributed by atoms with Gasteiger partial charge < -0.3 is 9.90 Å². The summed E-state index contributed by atoms with van der Waals surface area (Å²) >= 11 is 1.17. The number of carbonyl (C=O) groups is 1. The summed E-state index contributed by atoms with van der Waals surface area (Å²) in [5.74, 6) is -1.29. The van der Waals surface area contributed by atoms with Gasteiger partial charge in [-0.25, -0.2) is 9.48 Å². The van der Waals surface area contributed by atoms with Gasteiger partial charge in [0.2, 0.25) is 0 Å². The maximum Gasteiger partial charge on any atom is 1.00 e. The van der Waals surface area contributed by atoms with Gasteiger partial charge >= 0.3 is 35.2 Å². The third-order valence-corrected chi connectivity index (χ3v) is 6.99. The van der Waals surface area contributed by atoms with Crippen LogP contribution < -0.4 is 45.9 Å². The third kappa shape index (κ3) is 4.45. The number of carboxylic acid groups (broad SMARTS) is 1. The fourth-order valence-electron chi connectivity index (χ4n) is 4.15. The summed E-state index contributed by atoms with van der Waals surface area (Å²) < 4.78 is 4.29. The Morgan fingerprint density at radius 3 is 2.38 bits per heavy atom. The van der Waals surface area contributed by atoms with Crippen LogP contribution in [-0.4, -0.2) is 24.9 Å². The molecule has 0 aliphatic heterocycles. The minimum Gasteiger partial charge on any atom is -0.545 e. The van der Waals surface area contributed by atoms with Crippen LogP contribution in [0.5, 0.6) is 0 Å². The zero-order chi connectivity index (χ0) is 24.0. The first-order chi connectivity index (χ1) is 15.6. The number of thiophene rings is 1. The summed E-state index contributed by atoms with van der Waals surface area (Å²) in [4.78, 5) is 38.8. The SMILES string of the molecule is Cc1nn(-c2ccccc2)c(C)c1Cc1sc2c(c1C(=O)[O-])c(=O)n(C)c(=O)n2CC(C)C.[Na+]. The van der Waals surface area contributed by atoms with Crippen molar-refractivity contribution >= 4 is 27.5 Å². The normalized spacial score (nSPS) is 11.2. The molecule has 1 aromatic carbocycles. The van der Waals surface area contributed by atoms with Crippen LogP contribution in [0.1, 0.15) is 46.0 Å². The van der Waals surface area contributed by atoms with Gasteiger partial charge in [0, 0.05) is 41.7 Å². The Morgan fingerprint density at radius 1 is 1.15 bits per heavy atom. The van der Waals surface area contributed by atoms with E-state index in [4.69, 9.17) is 0 Å². The van der Waals surface area contributed by atoms with Crippen molar-refractivity contribution in [2.45, 2.75) is 40.7 Å². The Hall–Kier alpha value is -2.46. The molecule has 0 atom stereocenters. The minimum atomic E-state index is -1.42. The average Bonchev–Trinajstić information content (AvgIpc) is 3.29. The van der Waals surface area contributed by atoms with Gasteiger partial charge in [-0.2, -0.15) is 5.10 Å². The molecule has 0 saturated heterocycles. The van der Waals surface area contributed by atoms with Gasteiger partial charge in [0.25, 0.3) is 5.56 Å². The maximum absolute atomic E-state index is 12.9. The Balaban J connectivity index is 0.00000324. The van der Waals surface area contributed by atoms with E-state index in [1.807, 2.05) is 62.7 Å². The molecular weight excluding hydrogens is 463 g/mol. The zero-order valence-corrected chi connectivity index (χ0v) is 23.0. The summed E-state index contributed by atoms with van der Waals surface area (Å²) in [7, 11) is 1.37. The molecule has 8 nitrogen and oxygen atoms in total. The van der Waals surface area contributed by atoms with Gasteiger partial charge in [-0.1, -0.05) is 32.0 Å². The number of para-hydroxylation sites is 1. The average molecular weight is 489 g/mol. The molecule has 0 bridgehead atoms. The Labute approximate surface area is 222 Å². The standard InChI is InChI=1S/C24H26N4O4S.Na/c1-13(2)12-27-22-20(21(29)26(5)24(27)32)19(23(30)31)18(33-22)11-17-14(3)25-28(15(17)4)16-9-7-6-8-10-16;/h6-10,13H,11-12H2,1-5H3,(H,30,31);/q;+1/p-1. The van der Waals surface area contributed by atoms with Crippen molar-refractivity contribution in [2.75, 3.05) is 0 Å². The van der Waals surface area contributed by atoms with Crippen LogP contribution in [0.2, 0.25) is 0 Å². The molecule has 0 aliphatic rings. The van der Waals surface area contributed by atoms with E-state index in [2.05, 4.69) is 5.10 Å². The quantitative estimate of drug-likeness (QED) is 0.330. The van der Waals surface area contributed by atoms with Crippen LogP contribution in [0.15, 0.2) is 39.9 Å². The zero-order valence-electron chi connectivity index (χ0n) is 20.2. The van der Waals surface area contributed by atoms with Gasteiger partial charge in [0.15, 0.2) is 0 Å². The monoisotopic (exact) mass is 488 g/mol. The van der Waals surface area contributed by atoms with Gasteiger partial charge in [0.1, 0.15) is 4.83 Å². The molecule has 0 saturated carbocycles. The second-order valence-corrected chi connectivity index (χ2v) is 9.68. The number of hydrogen-bond acceptors (Lipinski definition) is 6. The number of rotatable bonds is 6. The maximum atomic E-state index is 12.9. The Morgan fingerprint density at radius 2 is 1.79 bits per heavy atom. The van der Waals surface area contributed by atoms with E-state index in [9.17, 15) is 19.5 Å². The fourth-order valence-corrected chi connectivity index (χ4v) is 5.45. The molecule has 4 rings (SSSR count). The molecule has 3 heterocycles. The van der Waals surface area contributed by atoms with E-state index in [0.29, 0.717) is 16.3 Å². The Bertz CT molecular complexity index is 1500. The number of aromatic carboxylic acids is 1. The van der Waals surface area contributed by atoms with Crippen LogP contribution in [0, 0.1) is 19.8 Å². The van der Waals surface area contributed by atoms with Crippen molar-refractivity contribution in [3.05, 3.63) is 78.6 Å².